The molecule has 1 aliphatic carbocycles. The van der Waals surface area contributed by atoms with Crippen LogP contribution in [0.1, 0.15) is 30.6 Å². The molecule has 1 aromatic rings. The Hall–Kier alpha value is -0.840. The Morgan fingerprint density at radius 1 is 1.55 bits per heavy atom. The summed E-state index contributed by atoms with van der Waals surface area (Å²) in [5, 5.41) is 0. The summed E-state index contributed by atoms with van der Waals surface area (Å²) in [6.45, 7) is 4.92. The van der Waals surface area contributed by atoms with Crippen LogP contribution in [-0.2, 0) is 11.3 Å². The van der Waals surface area contributed by atoms with Crippen molar-refractivity contribution in [1.29, 1.82) is 0 Å². The first-order chi connectivity index (χ1) is 9.60. The molecule has 0 bridgehead atoms. The predicted molar refractivity (Wildman–Crippen MR) is 84.9 cm³/mol. The first-order valence-electron chi connectivity index (χ1n) is 6.99. The van der Waals surface area contributed by atoms with Gasteiger partial charge in [0.25, 0.3) is 0 Å². The Morgan fingerprint density at radius 2 is 2.35 bits per heavy atom. The molecule has 1 amide bonds. The molecule has 5 heteroatoms. The van der Waals surface area contributed by atoms with E-state index in [1.807, 2.05) is 17.0 Å². The second kappa shape index (κ2) is 7.25. The van der Waals surface area contributed by atoms with Crippen molar-refractivity contribution in [1.82, 2.24) is 4.90 Å². The van der Waals surface area contributed by atoms with Crippen molar-refractivity contribution in [2.75, 3.05) is 6.54 Å². The van der Waals surface area contributed by atoms with Crippen LogP contribution in [0.5, 0.6) is 0 Å². The van der Waals surface area contributed by atoms with E-state index in [1.54, 1.807) is 6.08 Å². The lowest BCUT2D eigenvalue weighted by atomic mass is 9.85. The number of halogens is 1. The first kappa shape index (κ1) is 15.5. The molecule has 0 radical (unpaired) electrons. The second-order valence-electron chi connectivity index (χ2n) is 5.34. The van der Waals surface area contributed by atoms with Crippen molar-refractivity contribution in [3.63, 3.8) is 0 Å². The maximum absolute atomic E-state index is 12.6. The Morgan fingerprint density at radius 3 is 2.95 bits per heavy atom. The fraction of sp³-hybridized carbons (Fsp3) is 0.533. The molecule has 1 saturated carbocycles. The minimum atomic E-state index is 0.0640. The largest absolute Gasteiger partial charge is 0.334 e. The number of amides is 1. The van der Waals surface area contributed by atoms with Gasteiger partial charge >= 0.3 is 0 Å². The van der Waals surface area contributed by atoms with Crippen LogP contribution in [-0.4, -0.2) is 23.4 Å². The third-order valence-electron chi connectivity index (χ3n) is 3.70. The maximum atomic E-state index is 12.6. The standard InChI is InChI=1S/C15H21ClN2OS/c1-2-8-18(10-13-6-7-14(16)20-13)15(19)11-4-3-5-12(17)9-11/h2,6-7,11-12H,1,3-5,8-10,17H2. The van der Waals surface area contributed by atoms with Gasteiger partial charge in [0.1, 0.15) is 0 Å². The summed E-state index contributed by atoms with van der Waals surface area (Å²) in [6.07, 6.45) is 5.61. The summed E-state index contributed by atoms with van der Waals surface area (Å²) in [7, 11) is 0. The molecule has 0 saturated heterocycles. The third-order valence-corrected chi connectivity index (χ3v) is 4.92. The Labute approximate surface area is 129 Å². The van der Waals surface area contributed by atoms with Gasteiger partial charge in [-0.1, -0.05) is 24.1 Å². The number of thiophene rings is 1. The number of nitrogens with zero attached hydrogens (tertiary/aromatic N) is 1. The van der Waals surface area contributed by atoms with E-state index < -0.39 is 0 Å². The number of rotatable bonds is 5. The average Bonchev–Trinajstić information content (AvgIpc) is 2.83. The lowest BCUT2D eigenvalue weighted by Crippen LogP contribution is -2.40. The van der Waals surface area contributed by atoms with Crippen LogP contribution in [0.25, 0.3) is 0 Å². The highest BCUT2D eigenvalue weighted by atomic mass is 35.5. The van der Waals surface area contributed by atoms with Gasteiger partial charge in [0, 0.05) is 23.4 Å². The quantitative estimate of drug-likeness (QED) is 0.847. The van der Waals surface area contributed by atoms with Gasteiger partial charge in [-0.15, -0.1) is 17.9 Å². The van der Waals surface area contributed by atoms with E-state index in [1.165, 1.54) is 11.3 Å². The highest BCUT2D eigenvalue weighted by molar-refractivity contribution is 7.16. The number of hydrogen-bond acceptors (Lipinski definition) is 3. The van der Waals surface area contributed by atoms with Crippen molar-refractivity contribution >= 4 is 28.8 Å². The molecular formula is C15H21ClN2OS. The van der Waals surface area contributed by atoms with E-state index in [4.69, 9.17) is 17.3 Å². The molecule has 2 unspecified atom stereocenters. The summed E-state index contributed by atoms with van der Waals surface area (Å²) in [5.41, 5.74) is 5.99. The number of nitrogens with two attached hydrogens (primary N) is 1. The molecule has 2 atom stereocenters. The van der Waals surface area contributed by atoms with Gasteiger partial charge in [-0.05, 0) is 31.4 Å². The van der Waals surface area contributed by atoms with Gasteiger partial charge in [-0.3, -0.25) is 4.79 Å². The monoisotopic (exact) mass is 312 g/mol. The summed E-state index contributed by atoms with van der Waals surface area (Å²) in [5.74, 6) is 0.263. The van der Waals surface area contributed by atoms with Gasteiger partial charge in [0.15, 0.2) is 0 Å². The SMILES string of the molecule is C=CCN(Cc1ccc(Cl)s1)C(=O)C1CCCC(N)C1. The van der Waals surface area contributed by atoms with Crippen LogP contribution in [0.4, 0.5) is 0 Å². The van der Waals surface area contributed by atoms with Gasteiger partial charge in [0.05, 0.1) is 10.9 Å². The van der Waals surface area contributed by atoms with Crippen molar-refractivity contribution in [3.8, 4) is 0 Å². The highest BCUT2D eigenvalue weighted by Gasteiger charge is 2.28. The van der Waals surface area contributed by atoms with Crippen molar-refractivity contribution < 1.29 is 4.79 Å². The summed E-state index contributed by atoms with van der Waals surface area (Å²) < 4.78 is 0.755. The zero-order chi connectivity index (χ0) is 14.5. The van der Waals surface area contributed by atoms with E-state index in [9.17, 15) is 4.79 Å². The Bertz CT molecular complexity index is 474. The van der Waals surface area contributed by atoms with Gasteiger partial charge in [0.2, 0.25) is 5.91 Å². The molecule has 1 heterocycles. The zero-order valence-electron chi connectivity index (χ0n) is 11.6. The van der Waals surface area contributed by atoms with Crippen LogP contribution in [0.3, 0.4) is 0 Å². The maximum Gasteiger partial charge on any atom is 0.226 e. The molecule has 20 heavy (non-hydrogen) atoms. The number of hydrogen-bond donors (Lipinski definition) is 1. The fourth-order valence-corrected chi connectivity index (χ4v) is 3.83. The number of carbonyl (C=O) groups excluding carboxylic acids is 1. The molecule has 1 aromatic heterocycles. The van der Waals surface area contributed by atoms with E-state index in [0.29, 0.717) is 13.1 Å². The topological polar surface area (TPSA) is 46.3 Å². The van der Waals surface area contributed by atoms with Crippen LogP contribution in [0.15, 0.2) is 24.8 Å². The molecule has 2 rings (SSSR count). The Kier molecular flexibility index (Phi) is 5.64. The summed E-state index contributed by atoms with van der Waals surface area (Å²) in [6, 6.07) is 4.01. The second-order valence-corrected chi connectivity index (χ2v) is 7.14. The zero-order valence-corrected chi connectivity index (χ0v) is 13.1. The van der Waals surface area contributed by atoms with Crippen molar-refractivity contribution in [3.05, 3.63) is 34.0 Å². The molecule has 1 aliphatic rings. The molecule has 0 aliphatic heterocycles. The van der Waals surface area contributed by atoms with Crippen molar-refractivity contribution in [2.45, 2.75) is 38.3 Å². The molecule has 0 aromatic carbocycles. The van der Waals surface area contributed by atoms with E-state index in [0.717, 1.165) is 34.9 Å². The number of carbonyl (C=O) groups is 1. The smallest absolute Gasteiger partial charge is 0.226 e. The molecule has 1 fully saturated rings. The predicted octanol–water partition coefficient (Wildman–Crippen LogP) is 3.43. The lowest BCUT2D eigenvalue weighted by Gasteiger charge is -2.30. The van der Waals surface area contributed by atoms with Crippen molar-refractivity contribution in [2.24, 2.45) is 11.7 Å². The lowest BCUT2D eigenvalue weighted by molar-refractivity contribution is -0.136. The molecule has 0 spiro atoms. The van der Waals surface area contributed by atoms with Gasteiger partial charge in [-0.25, -0.2) is 0 Å². The highest BCUT2D eigenvalue weighted by Crippen LogP contribution is 2.27. The van der Waals surface area contributed by atoms with E-state index >= 15 is 0 Å². The van der Waals surface area contributed by atoms with Gasteiger partial charge in [-0.2, -0.15) is 0 Å². The average molecular weight is 313 g/mol. The van der Waals surface area contributed by atoms with Crippen LogP contribution in [0.2, 0.25) is 4.34 Å². The normalized spacial score (nSPS) is 22.5. The molecule has 110 valence electrons. The molecule has 3 nitrogen and oxygen atoms in total. The van der Waals surface area contributed by atoms with Crippen LogP contribution < -0.4 is 5.73 Å². The minimum absolute atomic E-state index is 0.0640. The summed E-state index contributed by atoms with van der Waals surface area (Å²) in [4.78, 5) is 15.6. The van der Waals surface area contributed by atoms with E-state index in [-0.39, 0.29) is 17.9 Å². The molecular weight excluding hydrogens is 292 g/mol. The first-order valence-corrected chi connectivity index (χ1v) is 8.19. The Balaban J connectivity index is 2.03. The van der Waals surface area contributed by atoms with Crippen LogP contribution >= 0.6 is 22.9 Å². The van der Waals surface area contributed by atoms with E-state index in [2.05, 4.69) is 6.58 Å². The molecule has 2 N–H and O–H groups in total. The third kappa shape index (κ3) is 4.08. The fourth-order valence-electron chi connectivity index (χ4n) is 2.72. The van der Waals surface area contributed by atoms with Gasteiger partial charge < -0.3 is 10.6 Å². The summed E-state index contributed by atoms with van der Waals surface area (Å²) >= 11 is 7.47. The van der Waals surface area contributed by atoms with Crippen LogP contribution in [0, 0.1) is 5.92 Å². The minimum Gasteiger partial charge on any atom is -0.334 e.